The number of halogens is 1. The van der Waals surface area contributed by atoms with Crippen LogP contribution in [0.25, 0.3) is 0 Å². The maximum atomic E-state index is 13.6. The zero-order valence-electron chi connectivity index (χ0n) is 21.3. The minimum Gasteiger partial charge on any atom is -0.593 e. The number of benzene rings is 3. The number of ether oxygens (including phenoxy) is 1. The average molecular weight is 567 g/mol. The van der Waals surface area contributed by atoms with Crippen molar-refractivity contribution in [2.75, 3.05) is 11.6 Å². The summed E-state index contributed by atoms with van der Waals surface area (Å²) in [6.45, 7) is 1.53. The molecule has 3 aromatic carbocycles. The van der Waals surface area contributed by atoms with E-state index in [1.54, 1.807) is 55.5 Å². The van der Waals surface area contributed by atoms with Gasteiger partial charge in [0.2, 0.25) is 0 Å². The summed E-state index contributed by atoms with van der Waals surface area (Å²) in [4.78, 5) is 38.9. The Labute approximate surface area is 233 Å². The van der Waals surface area contributed by atoms with Gasteiger partial charge in [-0.05, 0) is 54.1 Å². The first-order valence-electron chi connectivity index (χ1n) is 12.0. The third-order valence-electron chi connectivity index (χ3n) is 5.79. The van der Waals surface area contributed by atoms with Crippen molar-refractivity contribution in [1.29, 1.82) is 0 Å². The summed E-state index contributed by atoms with van der Waals surface area (Å²) in [5.41, 5.74) is 0.251. The van der Waals surface area contributed by atoms with Crippen molar-refractivity contribution < 1.29 is 14.1 Å². The zero-order chi connectivity index (χ0) is 27.9. The summed E-state index contributed by atoms with van der Waals surface area (Å²) in [6, 6.07) is 24.8. The molecule has 202 valence electrons. The zero-order valence-corrected chi connectivity index (χ0v) is 22.9. The Kier molecular flexibility index (Phi) is 9.13. The van der Waals surface area contributed by atoms with Crippen molar-refractivity contribution in [3.05, 3.63) is 116 Å². The van der Waals surface area contributed by atoms with Gasteiger partial charge in [-0.2, -0.15) is 4.72 Å². The highest BCUT2D eigenvalue weighted by Crippen LogP contribution is 2.24. The first-order valence-corrected chi connectivity index (χ1v) is 14.0. The van der Waals surface area contributed by atoms with Gasteiger partial charge in [-0.1, -0.05) is 48.9 Å². The Bertz CT molecular complexity index is 1540. The van der Waals surface area contributed by atoms with Crippen molar-refractivity contribution in [3.63, 3.8) is 0 Å². The summed E-state index contributed by atoms with van der Waals surface area (Å²) in [6.07, 6.45) is 1.33. The molecular formula is C28H27ClN4O5S. The molecule has 4 aromatic rings. The number of aromatic nitrogens is 2. The molecule has 1 amide bonds. The van der Waals surface area contributed by atoms with Crippen LogP contribution in [-0.4, -0.2) is 25.8 Å². The molecular weight excluding hydrogens is 540 g/mol. The van der Waals surface area contributed by atoms with Crippen LogP contribution in [0.5, 0.6) is 11.5 Å². The molecule has 1 unspecified atom stereocenters. The van der Waals surface area contributed by atoms with Gasteiger partial charge in [0, 0.05) is 23.3 Å². The van der Waals surface area contributed by atoms with Gasteiger partial charge in [0.25, 0.3) is 11.5 Å². The summed E-state index contributed by atoms with van der Waals surface area (Å²) >= 11 is 4.46. The van der Waals surface area contributed by atoms with Crippen LogP contribution in [0.1, 0.15) is 12.5 Å². The molecule has 0 saturated heterocycles. The Morgan fingerprint density at radius 2 is 1.62 bits per heavy atom. The van der Waals surface area contributed by atoms with Crippen LogP contribution in [0.4, 0.5) is 11.5 Å². The van der Waals surface area contributed by atoms with E-state index >= 15 is 0 Å². The Hall–Kier alpha value is -3.99. The van der Waals surface area contributed by atoms with E-state index in [1.807, 2.05) is 30.3 Å². The van der Waals surface area contributed by atoms with Gasteiger partial charge in [0.1, 0.15) is 23.6 Å². The second-order valence-corrected chi connectivity index (χ2v) is 10.4. The fraction of sp³-hybridized carbons (Fsp3) is 0.179. The van der Waals surface area contributed by atoms with Gasteiger partial charge in [-0.3, -0.25) is 18.7 Å². The maximum absolute atomic E-state index is 13.6. The van der Waals surface area contributed by atoms with E-state index in [4.69, 9.17) is 16.3 Å². The van der Waals surface area contributed by atoms with Crippen LogP contribution in [0, 0.1) is 5.92 Å². The van der Waals surface area contributed by atoms with Gasteiger partial charge < -0.3 is 14.6 Å². The normalized spacial score (nSPS) is 12.4. The predicted molar refractivity (Wildman–Crippen MR) is 153 cm³/mol. The quantitative estimate of drug-likeness (QED) is 0.277. The van der Waals surface area contributed by atoms with Crippen molar-refractivity contribution in [2.24, 2.45) is 5.92 Å². The summed E-state index contributed by atoms with van der Waals surface area (Å²) in [5, 5.41) is 3.71. The predicted octanol–water partition coefficient (Wildman–Crippen LogP) is 4.29. The number of para-hydroxylation sites is 1. The molecule has 0 spiro atoms. The lowest BCUT2D eigenvalue weighted by Gasteiger charge is -2.19. The molecule has 0 bridgehead atoms. The fourth-order valence-corrected chi connectivity index (χ4v) is 4.40. The van der Waals surface area contributed by atoms with E-state index < -0.39 is 34.4 Å². The Morgan fingerprint density at radius 1 is 0.974 bits per heavy atom. The highest BCUT2D eigenvalue weighted by Gasteiger charge is 2.21. The van der Waals surface area contributed by atoms with Gasteiger partial charge in [-0.25, -0.2) is 4.79 Å². The molecule has 39 heavy (non-hydrogen) atoms. The minimum atomic E-state index is -1.56. The molecule has 0 aliphatic rings. The van der Waals surface area contributed by atoms with E-state index in [0.717, 1.165) is 10.1 Å². The molecule has 2 atom stereocenters. The monoisotopic (exact) mass is 566 g/mol. The van der Waals surface area contributed by atoms with Gasteiger partial charge in [0.15, 0.2) is 0 Å². The topological polar surface area (TPSA) is 117 Å². The number of amides is 1. The number of hydrogen-bond acceptors (Lipinski definition) is 6. The van der Waals surface area contributed by atoms with E-state index in [0.29, 0.717) is 22.2 Å². The number of carbonyl (C=O) groups excluding carboxylic acids is 1. The second-order valence-electron chi connectivity index (χ2n) is 8.86. The summed E-state index contributed by atoms with van der Waals surface area (Å²) < 4.78 is 21.9. The minimum absolute atomic E-state index is 0.146. The number of hydrogen-bond donors (Lipinski definition) is 2. The number of nitrogens with zero attached hydrogens (tertiary/aromatic N) is 2. The molecule has 9 nitrogen and oxygen atoms in total. The largest absolute Gasteiger partial charge is 0.593 e. The number of anilines is 2. The van der Waals surface area contributed by atoms with E-state index in [9.17, 15) is 18.9 Å². The molecule has 0 aliphatic heterocycles. The van der Waals surface area contributed by atoms with Crippen molar-refractivity contribution in [2.45, 2.75) is 20.0 Å². The first-order chi connectivity index (χ1) is 18.7. The molecule has 0 radical (unpaired) electrons. The molecule has 0 fully saturated rings. The van der Waals surface area contributed by atoms with E-state index in [2.05, 4.69) is 10.0 Å². The summed E-state index contributed by atoms with van der Waals surface area (Å²) in [5.74, 6) is 0.318. The Morgan fingerprint density at radius 3 is 2.26 bits per heavy atom. The van der Waals surface area contributed by atoms with Crippen molar-refractivity contribution in [1.82, 2.24) is 13.9 Å². The van der Waals surface area contributed by atoms with E-state index in [1.165, 1.54) is 16.9 Å². The van der Waals surface area contributed by atoms with Crippen LogP contribution in [0.3, 0.4) is 0 Å². The standard InChI is InChI=1S/C28H27ClN4O5S/c1-19(27(35)31-39(2)37)17-33-26(34)16-25(32(28(33)36)18-20-8-10-21(29)11-9-20)30-22-12-14-24(15-13-22)38-23-6-4-3-5-7-23/h3-16,19,30H,17-18H2,1-2H3,(H,31,35)/t19-,39?/m0/s1. The van der Waals surface area contributed by atoms with Crippen LogP contribution in [0.15, 0.2) is 94.5 Å². The molecule has 1 aromatic heterocycles. The Balaban J connectivity index is 1.64. The molecule has 0 saturated carbocycles. The van der Waals surface area contributed by atoms with Crippen LogP contribution >= 0.6 is 11.6 Å². The lowest BCUT2D eigenvalue weighted by molar-refractivity contribution is -0.123. The molecule has 2 N–H and O–H groups in total. The number of rotatable bonds is 10. The van der Waals surface area contributed by atoms with Gasteiger partial charge in [-0.15, -0.1) is 0 Å². The van der Waals surface area contributed by atoms with Gasteiger partial charge in [0.05, 0.1) is 23.8 Å². The van der Waals surface area contributed by atoms with Crippen molar-refractivity contribution >= 4 is 40.4 Å². The molecule has 1 heterocycles. The highest BCUT2D eigenvalue weighted by molar-refractivity contribution is 7.89. The van der Waals surface area contributed by atoms with E-state index in [-0.39, 0.29) is 18.9 Å². The first kappa shape index (κ1) is 28.0. The average Bonchev–Trinajstić information content (AvgIpc) is 2.91. The molecule has 0 aliphatic carbocycles. The van der Waals surface area contributed by atoms with Crippen LogP contribution in [0.2, 0.25) is 5.02 Å². The maximum Gasteiger partial charge on any atom is 0.332 e. The third kappa shape index (κ3) is 7.53. The molecule has 11 heteroatoms. The van der Waals surface area contributed by atoms with Crippen molar-refractivity contribution in [3.8, 4) is 11.5 Å². The van der Waals surface area contributed by atoms with Gasteiger partial charge >= 0.3 is 5.69 Å². The second kappa shape index (κ2) is 12.7. The lowest BCUT2D eigenvalue weighted by Crippen LogP contribution is -2.44. The molecule has 4 rings (SSSR count). The number of nitrogens with one attached hydrogen (secondary N) is 2. The van der Waals surface area contributed by atoms with Crippen LogP contribution in [-0.2, 0) is 29.2 Å². The number of carbonyl (C=O) groups is 1. The smallest absolute Gasteiger partial charge is 0.332 e. The SMILES string of the molecule is C[C@@H](Cn1c(=O)cc(Nc2ccc(Oc3ccccc3)cc2)n(Cc2ccc(Cl)cc2)c1=O)C(=O)N[S+](C)[O-]. The lowest BCUT2D eigenvalue weighted by atomic mass is 10.1. The third-order valence-corrected chi connectivity index (χ3v) is 6.53. The highest BCUT2D eigenvalue weighted by atomic mass is 35.5. The van der Waals surface area contributed by atoms with Crippen LogP contribution < -0.4 is 26.0 Å². The fourth-order valence-electron chi connectivity index (χ4n) is 3.79. The summed E-state index contributed by atoms with van der Waals surface area (Å²) in [7, 11) is 0.